The zero-order valence-electron chi connectivity index (χ0n) is 30.5. The molecule has 0 bridgehead atoms. The fourth-order valence-electron chi connectivity index (χ4n) is 7.48. The van der Waals surface area contributed by atoms with Gasteiger partial charge in [-0.25, -0.2) is 0 Å². The van der Waals surface area contributed by atoms with E-state index in [1.807, 2.05) is 16.7 Å². The van der Waals surface area contributed by atoms with Crippen molar-refractivity contribution in [1.82, 2.24) is 30.7 Å². The summed E-state index contributed by atoms with van der Waals surface area (Å²) in [6.45, 7) is 6.20. The zero-order valence-corrected chi connectivity index (χ0v) is 30.5. The first kappa shape index (κ1) is 41.4. The molecular formula is C35H58N6O11. The number of amides is 6. The van der Waals surface area contributed by atoms with Crippen LogP contribution in [0, 0.1) is 17.8 Å². The molecule has 4 fully saturated rings. The number of nitrogens with one attached hydrogen (secondary N) is 3. The smallest absolute Gasteiger partial charge is 0.225 e. The molecule has 0 saturated carbocycles. The first-order valence-electron chi connectivity index (χ1n) is 18.8. The van der Waals surface area contributed by atoms with Gasteiger partial charge in [-0.15, -0.1) is 0 Å². The predicted octanol–water partition coefficient (Wildman–Crippen LogP) is -1.91. The maximum absolute atomic E-state index is 13.4. The monoisotopic (exact) mass is 738 g/mol. The lowest BCUT2D eigenvalue weighted by Gasteiger charge is -2.42. The summed E-state index contributed by atoms with van der Waals surface area (Å²) in [5, 5.41) is 38.2. The van der Waals surface area contributed by atoms with Crippen LogP contribution in [0.1, 0.15) is 71.6 Å². The van der Waals surface area contributed by atoms with E-state index in [4.69, 9.17) is 9.47 Å². The number of ether oxygens (including phenoxy) is 2. The molecule has 0 spiro atoms. The summed E-state index contributed by atoms with van der Waals surface area (Å²) in [5.74, 6) is -1.09. The molecule has 3 unspecified atom stereocenters. The molecule has 4 rings (SSSR count). The van der Waals surface area contributed by atoms with Gasteiger partial charge < -0.3 is 55.4 Å². The highest BCUT2D eigenvalue weighted by Gasteiger charge is 2.45. The minimum atomic E-state index is -1.44. The van der Waals surface area contributed by atoms with Crippen molar-refractivity contribution < 1.29 is 53.6 Å². The maximum atomic E-state index is 13.4. The van der Waals surface area contributed by atoms with E-state index in [1.54, 1.807) is 4.90 Å². The zero-order chi connectivity index (χ0) is 37.8. The molecule has 6 N–H and O–H groups in total. The Bertz CT molecular complexity index is 1230. The third kappa shape index (κ3) is 11.3. The van der Waals surface area contributed by atoms with Crippen LogP contribution < -0.4 is 16.0 Å². The van der Waals surface area contributed by atoms with E-state index in [9.17, 15) is 44.1 Å². The van der Waals surface area contributed by atoms with Crippen LogP contribution in [-0.4, -0.2) is 162 Å². The summed E-state index contributed by atoms with van der Waals surface area (Å²) >= 11 is 0. The normalized spacial score (nSPS) is 26.5. The lowest BCUT2D eigenvalue weighted by atomic mass is 9.90. The van der Waals surface area contributed by atoms with Crippen molar-refractivity contribution in [2.75, 3.05) is 65.6 Å². The van der Waals surface area contributed by atoms with Gasteiger partial charge in [-0.2, -0.15) is 0 Å². The molecule has 0 aromatic heterocycles. The molecule has 17 nitrogen and oxygen atoms in total. The van der Waals surface area contributed by atoms with Gasteiger partial charge in [0.15, 0.2) is 6.29 Å². The molecule has 294 valence electrons. The molecule has 6 amide bonds. The van der Waals surface area contributed by atoms with Gasteiger partial charge in [0.1, 0.15) is 24.4 Å². The van der Waals surface area contributed by atoms with Crippen molar-refractivity contribution in [3.05, 3.63) is 0 Å². The molecule has 4 aliphatic heterocycles. The van der Waals surface area contributed by atoms with Crippen molar-refractivity contribution in [2.45, 2.75) is 102 Å². The van der Waals surface area contributed by atoms with Gasteiger partial charge in [-0.3, -0.25) is 28.8 Å². The Hall–Kier alpha value is -3.38. The van der Waals surface area contributed by atoms with Gasteiger partial charge in [0.25, 0.3) is 0 Å². The highest BCUT2D eigenvalue weighted by atomic mass is 16.7. The molecule has 0 radical (unpaired) electrons. The molecular weight excluding hydrogens is 680 g/mol. The molecule has 0 aromatic carbocycles. The van der Waals surface area contributed by atoms with Gasteiger partial charge in [0.05, 0.1) is 19.6 Å². The van der Waals surface area contributed by atoms with Crippen LogP contribution in [0.5, 0.6) is 0 Å². The van der Waals surface area contributed by atoms with Crippen LogP contribution in [0.3, 0.4) is 0 Å². The molecule has 4 aliphatic rings. The Labute approximate surface area is 305 Å². The van der Waals surface area contributed by atoms with Crippen LogP contribution in [0.15, 0.2) is 0 Å². The molecule has 17 heteroatoms. The average molecular weight is 739 g/mol. The van der Waals surface area contributed by atoms with E-state index in [0.29, 0.717) is 97.3 Å². The molecule has 4 saturated heterocycles. The first-order chi connectivity index (χ1) is 24.9. The number of aliphatic hydroxyl groups excluding tert-OH is 3. The Morgan fingerprint density at radius 1 is 0.731 bits per heavy atom. The molecule has 5 atom stereocenters. The molecule has 52 heavy (non-hydrogen) atoms. The fourth-order valence-corrected chi connectivity index (χ4v) is 7.48. The summed E-state index contributed by atoms with van der Waals surface area (Å²) in [6, 6.07) is -1.09. The largest absolute Gasteiger partial charge is 0.394 e. The highest BCUT2D eigenvalue weighted by Crippen LogP contribution is 2.27. The second-order valence-electron chi connectivity index (χ2n) is 14.3. The lowest BCUT2D eigenvalue weighted by molar-refractivity contribution is -0.270. The average Bonchev–Trinajstić information content (AvgIpc) is 3.15. The van der Waals surface area contributed by atoms with Gasteiger partial charge in [0.2, 0.25) is 35.4 Å². The van der Waals surface area contributed by atoms with Crippen molar-refractivity contribution in [2.24, 2.45) is 17.8 Å². The van der Waals surface area contributed by atoms with E-state index in [1.165, 1.54) is 6.92 Å². The number of nitrogens with zero attached hydrogens (tertiary/aromatic N) is 3. The van der Waals surface area contributed by atoms with Crippen LogP contribution in [0.25, 0.3) is 0 Å². The first-order valence-corrected chi connectivity index (χ1v) is 18.8. The topological polar surface area (TPSA) is 227 Å². The van der Waals surface area contributed by atoms with Crippen molar-refractivity contribution in [1.29, 1.82) is 0 Å². The summed E-state index contributed by atoms with van der Waals surface area (Å²) in [6.07, 6.45) is -0.482. The van der Waals surface area contributed by atoms with E-state index >= 15 is 0 Å². The van der Waals surface area contributed by atoms with Crippen molar-refractivity contribution in [3.8, 4) is 0 Å². The Kier molecular flexibility index (Phi) is 16.1. The number of hydrogen-bond donors (Lipinski definition) is 6. The van der Waals surface area contributed by atoms with Gasteiger partial charge in [-0.05, 0) is 44.9 Å². The van der Waals surface area contributed by atoms with Gasteiger partial charge in [-0.1, -0.05) is 6.92 Å². The summed E-state index contributed by atoms with van der Waals surface area (Å²) in [7, 11) is 0. The number of piperidine rings is 3. The third-order valence-electron chi connectivity index (χ3n) is 10.6. The van der Waals surface area contributed by atoms with E-state index < -0.39 is 43.2 Å². The molecule has 0 aromatic rings. The maximum Gasteiger partial charge on any atom is 0.225 e. The Morgan fingerprint density at radius 3 is 1.77 bits per heavy atom. The van der Waals surface area contributed by atoms with E-state index in [2.05, 4.69) is 16.0 Å². The van der Waals surface area contributed by atoms with Crippen LogP contribution in [0.2, 0.25) is 0 Å². The van der Waals surface area contributed by atoms with Crippen LogP contribution >= 0.6 is 0 Å². The second kappa shape index (κ2) is 20.2. The van der Waals surface area contributed by atoms with Crippen LogP contribution in [-0.2, 0) is 38.2 Å². The number of carbonyl (C=O) groups is 6. The van der Waals surface area contributed by atoms with Crippen molar-refractivity contribution >= 4 is 35.4 Å². The number of carbonyl (C=O) groups excluding carboxylic acids is 6. The summed E-state index contributed by atoms with van der Waals surface area (Å²) in [4.78, 5) is 80.7. The standard InChI is InChI=1S/C35H58N6O11/c1-3-4-27(44)36-12-13-37-32(48)23-5-16-40(17-6-23)34(50)25-9-18-41(19-10-25)33(49)24-7-14-39(15-8-24)28(45)11-20-51-35-29(38-22(2)43)31(47)30(46)26(21-42)52-35/h23-26,29-31,35,42,46-47H,3-21H2,1-2H3,(H,36,44)(H,37,48)(H,38,43)/t26?,29?,30-,31?,35+/m0/s1. The third-order valence-corrected chi connectivity index (χ3v) is 10.6. The fraction of sp³-hybridized carbons (Fsp3) is 0.829. The number of aliphatic hydroxyl groups is 3. The van der Waals surface area contributed by atoms with E-state index in [-0.39, 0.29) is 60.3 Å². The van der Waals surface area contributed by atoms with Crippen molar-refractivity contribution in [3.63, 3.8) is 0 Å². The molecule has 4 heterocycles. The quantitative estimate of drug-likeness (QED) is 0.108. The number of rotatable bonds is 14. The number of hydrogen-bond acceptors (Lipinski definition) is 11. The molecule has 0 aliphatic carbocycles. The summed E-state index contributed by atoms with van der Waals surface area (Å²) in [5.41, 5.74) is 0. The second-order valence-corrected chi connectivity index (χ2v) is 14.3. The minimum Gasteiger partial charge on any atom is -0.394 e. The van der Waals surface area contributed by atoms with Gasteiger partial charge in [0, 0.05) is 83.5 Å². The SMILES string of the molecule is CCCC(=O)NCCNC(=O)C1CCN(C(=O)C2CCN(C(=O)C3CCN(C(=O)CCO[C@@H]4OC(CO)[C@H](O)C(O)C4NC(C)=O)CC3)CC2)CC1. The minimum absolute atomic E-state index is 0.000197. The predicted molar refractivity (Wildman–Crippen MR) is 185 cm³/mol. The van der Waals surface area contributed by atoms with Crippen LogP contribution in [0.4, 0.5) is 0 Å². The van der Waals surface area contributed by atoms with Gasteiger partial charge >= 0.3 is 0 Å². The number of likely N-dealkylation sites (tertiary alicyclic amines) is 3. The highest BCUT2D eigenvalue weighted by molar-refractivity contribution is 5.83. The Morgan fingerprint density at radius 2 is 1.25 bits per heavy atom. The Balaban J connectivity index is 1.11. The van der Waals surface area contributed by atoms with E-state index in [0.717, 1.165) is 6.42 Å². The lowest BCUT2D eigenvalue weighted by Crippen LogP contribution is -2.64. The summed E-state index contributed by atoms with van der Waals surface area (Å²) < 4.78 is 11.2.